The molecule has 2 N–H and O–H groups in total. The van der Waals surface area contributed by atoms with Gasteiger partial charge in [0.05, 0.1) is 0 Å². The Kier molecular flexibility index (Phi) is 4.34. The predicted molar refractivity (Wildman–Crippen MR) is 91.3 cm³/mol. The zero-order chi connectivity index (χ0) is 19.3. The molecule has 4 nitrogen and oxygen atoms in total. The van der Waals surface area contributed by atoms with E-state index in [1.807, 2.05) is 0 Å². The Morgan fingerprint density at radius 1 is 1.23 bits per heavy atom. The van der Waals surface area contributed by atoms with Crippen LogP contribution in [0.2, 0.25) is 0 Å². The maximum absolute atomic E-state index is 14.5. The van der Waals surface area contributed by atoms with E-state index in [9.17, 15) is 22.4 Å². The number of aryl methyl sites for hydroxylation is 1. The van der Waals surface area contributed by atoms with Crippen LogP contribution in [0.1, 0.15) is 25.0 Å². The van der Waals surface area contributed by atoms with E-state index in [4.69, 9.17) is 0 Å². The number of alkyl halides is 3. The van der Waals surface area contributed by atoms with Gasteiger partial charge in [-0.15, -0.1) is 0 Å². The molecule has 1 atom stereocenters. The molecule has 8 heteroatoms. The Morgan fingerprint density at radius 2 is 1.92 bits per heavy atom. The second kappa shape index (κ2) is 6.12. The van der Waals surface area contributed by atoms with Crippen LogP contribution in [0.4, 0.5) is 28.9 Å². The van der Waals surface area contributed by atoms with Gasteiger partial charge >= 0.3 is 6.18 Å². The van der Waals surface area contributed by atoms with Crippen molar-refractivity contribution in [2.45, 2.75) is 31.5 Å². The summed E-state index contributed by atoms with van der Waals surface area (Å²) < 4.78 is 58.5. The van der Waals surface area contributed by atoms with E-state index in [1.54, 1.807) is 13.8 Å². The van der Waals surface area contributed by atoms with Crippen molar-refractivity contribution in [3.63, 3.8) is 0 Å². The monoisotopic (exact) mass is 369 g/mol. The first-order chi connectivity index (χ1) is 12.1. The number of hydrogen-bond acceptors (Lipinski definition) is 3. The highest BCUT2D eigenvalue weighted by atomic mass is 19.4. The van der Waals surface area contributed by atoms with Crippen molar-refractivity contribution < 1.29 is 17.6 Å². The Hall–Kier alpha value is -2.35. The SMILES string of the molecule is CC(C)NCC1(C(F)(F)F)c2cc(F)ccc2Nc2c1ccn(C)c2=O. The fourth-order valence-corrected chi connectivity index (χ4v) is 3.32. The van der Waals surface area contributed by atoms with Gasteiger partial charge in [0.1, 0.15) is 16.9 Å². The number of rotatable bonds is 3. The van der Waals surface area contributed by atoms with E-state index < -0.39 is 29.5 Å². The molecule has 140 valence electrons. The lowest BCUT2D eigenvalue weighted by Crippen LogP contribution is -2.54. The summed E-state index contributed by atoms with van der Waals surface area (Å²) in [5.41, 5.74) is -3.63. The number of halogens is 4. The third-order valence-electron chi connectivity index (χ3n) is 4.69. The van der Waals surface area contributed by atoms with Gasteiger partial charge in [0.15, 0.2) is 0 Å². The van der Waals surface area contributed by atoms with E-state index in [0.29, 0.717) is 0 Å². The minimum Gasteiger partial charge on any atom is -0.350 e. The summed E-state index contributed by atoms with van der Waals surface area (Å²) in [4.78, 5) is 12.5. The van der Waals surface area contributed by atoms with Crippen molar-refractivity contribution in [3.8, 4) is 0 Å². The second-order valence-corrected chi connectivity index (χ2v) is 6.77. The molecule has 1 aliphatic rings. The van der Waals surface area contributed by atoms with Gasteiger partial charge in [0, 0.05) is 37.1 Å². The number of pyridine rings is 1. The third kappa shape index (κ3) is 2.68. The van der Waals surface area contributed by atoms with Crippen molar-refractivity contribution in [2.75, 3.05) is 11.9 Å². The number of nitrogens with one attached hydrogen (secondary N) is 2. The van der Waals surface area contributed by atoms with Gasteiger partial charge in [0.2, 0.25) is 0 Å². The molecule has 0 saturated heterocycles. The fraction of sp³-hybridized carbons (Fsp3) is 0.389. The minimum atomic E-state index is -4.75. The van der Waals surface area contributed by atoms with Crippen LogP contribution in [0.3, 0.4) is 0 Å². The minimum absolute atomic E-state index is 0.0741. The summed E-state index contributed by atoms with van der Waals surface area (Å²) >= 11 is 0. The molecule has 0 amide bonds. The predicted octanol–water partition coefficient (Wildman–Crippen LogP) is 3.43. The molecule has 1 aliphatic heterocycles. The summed E-state index contributed by atoms with van der Waals surface area (Å²) in [5, 5.41) is 5.58. The highest BCUT2D eigenvalue weighted by molar-refractivity contribution is 5.76. The average Bonchev–Trinajstić information content (AvgIpc) is 2.54. The molecule has 1 aromatic heterocycles. The van der Waals surface area contributed by atoms with Crippen molar-refractivity contribution in [3.05, 3.63) is 57.8 Å². The molecule has 0 spiro atoms. The van der Waals surface area contributed by atoms with Crippen molar-refractivity contribution in [1.82, 2.24) is 9.88 Å². The quantitative estimate of drug-likeness (QED) is 0.815. The highest BCUT2D eigenvalue weighted by Crippen LogP contribution is 2.53. The number of aromatic nitrogens is 1. The van der Waals surface area contributed by atoms with Crippen molar-refractivity contribution in [2.24, 2.45) is 7.05 Å². The van der Waals surface area contributed by atoms with Gasteiger partial charge in [-0.3, -0.25) is 4.79 Å². The molecule has 1 aromatic carbocycles. The number of anilines is 2. The summed E-state index contributed by atoms with van der Waals surface area (Å²) in [6, 6.07) is 4.23. The molecule has 3 rings (SSSR count). The molecule has 0 aliphatic carbocycles. The van der Waals surface area contributed by atoms with E-state index >= 15 is 0 Å². The molecular formula is C18H19F4N3O. The molecule has 0 bridgehead atoms. The average molecular weight is 369 g/mol. The fourth-order valence-electron chi connectivity index (χ4n) is 3.32. The molecule has 2 heterocycles. The first kappa shape index (κ1) is 18.4. The maximum atomic E-state index is 14.5. The summed E-state index contributed by atoms with van der Waals surface area (Å²) in [5.74, 6) is -0.768. The summed E-state index contributed by atoms with van der Waals surface area (Å²) in [6.07, 6.45) is -3.45. The van der Waals surface area contributed by atoms with Crippen LogP contribution in [0, 0.1) is 5.82 Å². The van der Waals surface area contributed by atoms with E-state index in [0.717, 1.165) is 12.1 Å². The normalized spacial score (nSPS) is 19.1. The van der Waals surface area contributed by atoms with Crippen LogP contribution in [0.25, 0.3) is 0 Å². The number of benzene rings is 1. The molecule has 1 unspecified atom stereocenters. The van der Waals surface area contributed by atoms with E-state index in [-0.39, 0.29) is 28.5 Å². The standard InChI is InChI=1S/C18H19F4N3O/c1-10(2)23-9-17(18(20,21)22)12-6-7-25(3)16(26)15(12)24-14-5-4-11(19)8-13(14)17/h4-8,10,23-24H,9H2,1-3H3. The van der Waals surface area contributed by atoms with Crippen LogP contribution < -0.4 is 16.2 Å². The lowest BCUT2D eigenvalue weighted by molar-refractivity contribution is -0.177. The lowest BCUT2D eigenvalue weighted by Gasteiger charge is -2.42. The van der Waals surface area contributed by atoms with E-state index in [2.05, 4.69) is 10.6 Å². The zero-order valence-corrected chi connectivity index (χ0v) is 14.5. The Labute approximate surface area is 147 Å². The largest absolute Gasteiger partial charge is 0.403 e. The van der Waals surface area contributed by atoms with Crippen LogP contribution in [0.15, 0.2) is 35.3 Å². The Bertz CT molecular complexity index is 904. The number of fused-ring (bicyclic) bond motifs is 2. The number of nitrogens with zero attached hydrogens (tertiary/aromatic N) is 1. The van der Waals surface area contributed by atoms with Crippen LogP contribution >= 0.6 is 0 Å². The van der Waals surface area contributed by atoms with Gasteiger partial charge in [-0.2, -0.15) is 13.2 Å². The Morgan fingerprint density at radius 3 is 2.54 bits per heavy atom. The summed E-state index contributed by atoms with van der Waals surface area (Å²) in [7, 11) is 1.46. The maximum Gasteiger partial charge on any atom is 0.403 e. The van der Waals surface area contributed by atoms with Gasteiger partial charge < -0.3 is 15.2 Å². The molecule has 0 fully saturated rings. The topological polar surface area (TPSA) is 46.1 Å². The molecule has 0 radical (unpaired) electrons. The van der Waals surface area contributed by atoms with Gasteiger partial charge in [-0.1, -0.05) is 13.8 Å². The molecule has 26 heavy (non-hydrogen) atoms. The van der Waals surface area contributed by atoms with Gasteiger partial charge in [0.25, 0.3) is 5.56 Å². The van der Waals surface area contributed by atoms with Crippen molar-refractivity contribution >= 4 is 11.4 Å². The van der Waals surface area contributed by atoms with Gasteiger partial charge in [-0.25, -0.2) is 4.39 Å². The zero-order valence-electron chi connectivity index (χ0n) is 14.5. The second-order valence-electron chi connectivity index (χ2n) is 6.77. The van der Waals surface area contributed by atoms with Crippen LogP contribution in [-0.4, -0.2) is 23.3 Å². The Balaban J connectivity index is 2.39. The highest BCUT2D eigenvalue weighted by Gasteiger charge is 2.60. The summed E-state index contributed by atoms with van der Waals surface area (Å²) in [6.45, 7) is 2.94. The van der Waals surface area contributed by atoms with Gasteiger partial charge in [-0.05, 0) is 29.8 Å². The molecule has 2 aromatic rings. The molecule has 0 saturated carbocycles. The number of hydrogen-bond donors (Lipinski definition) is 2. The van der Waals surface area contributed by atoms with E-state index in [1.165, 1.54) is 29.9 Å². The van der Waals surface area contributed by atoms with Crippen LogP contribution in [-0.2, 0) is 12.5 Å². The van der Waals surface area contributed by atoms with Crippen molar-refractivity contribution in [1.29, 1.82) is 0 Å². The first-order valence-corrected chi connectivity index (χ1v) is 8.15. The van der Waals surface area contributed by atoms with Crippen LogP contribution in [0.5, 0.6) is 0 Å². The lowest BCUT2D eigenvalue weighted by atomic mass is 9.70. The third-order valence-corrected chi connectivity index (χ3v) is 4.69. The smallest absolute Gasteiger partial charge is 0.350 e. The molecular weight excluding hydrogens is 350 g/mol. The first-order valence-electron chi connectivity index (χ1n) is 8.15.